The number of fused-ring (bicyclic) bond motifs is 1. The van der Waals surface area contributed by atoms with Crippen LogP contribution < -0.4 is 19.1 Å². The number of nitro groups is 1. The molecule has 0 amide bonds. The molecule has 1 fully saturated rings. The highest BCUT2D eigenvalue weighted by Crippen LogP contribution is 2.30. The number of alkyl halides is 3. The van der Waals surface area contributed by atoms with Crippen molar-refractivity contribution in [3.8, 4) is 17.5 Å². The van der Waals surface area contributed by atoms with Crippen molar-refractivity contribution in [3.05, 3.63) is 106 Å². The third kappa shape index (κ3) is 7.66. The largest absolute Gasteiger partial charge is 0.490 e. The molecule has 1 aromatic heterocycles. The third-order valence-corrected chi connectivity index (χ3v) is 7.90. The minimum atomic E-state index is -4.36. The maximum absolute atomic E-state index is 12.7. The van der Waals surface area contributed by atoms with Crippen molar-refractivity contribution < 1.29 is 32.3 Å². The van der Waals surface area contributed by atoms with E-state index in [0.717, 1.165) is 61.9 Å². The first-order valence-electron chi connectivity index (χ1n) is 14.7. The monoisotopic (exact) mass is 623 g/mol. The average Bonchev–Trinajstić information content (AvgIpc) is 3.48. The van der Waals surface area contributed by atoms with Crippen LogP contribution in [0.2, 0.25) is 0 Å². The first-order chi connectivity index (χ1) is 21.7. The van der Waals surface area contributed by atoms with Gasteiger partial charge in [0.05, 0.1) is 5.56 Å². The van der Waals surface area contributed by atoms with E-state index in [1.807, 2.05) is 36.4 Å². The van der Waals surface area contributed by atoms with Gasteiger partial charge in [0.25, 0.3) is 0 Å². The fraction of sp³-hybridized carbons (Fsp3) is 0.344. The van der Waals surface area contributed by atoms with Crippen LogP contribution in [0.4, 0.5) is 24.7 Å². The summed E-state index contributed by atoms with van der Waals surface area (Å²) in [6.07, 6.45) is -2.53. The topological polar surface area (TPSA) is 95.1 Å². The molecule has 3 aromatic carbocycles. The van der Waals surface area contributed by atoms with Gasteiger partial charge in [0.15, 0.2) is 0 Å². The molecule has 13 heteroatoms. The summed E-state index contributed by atoms with van der Waals surface area (Å²) in [7, 11) is 0. The summed E-state index contributed by atoms with van der Waals surface area (Å²) in [6, 6.07) is 21.0. The standard InChI is InChI=1S/C32H32F3N5O5/c33-32(34,35)25-5-9-27(10-6-25)43-21-24-3-1-23(2-4-24)19-37-15-17-38(18-16-37)26-7-11-28(12-8-26)44-22-29-13-14-39-20-30(40(41)42)36-31(39)45-29/h1-12,20,29H,13-19,21-22H2/t29-/m1/s1. The number of imidazole rings is 1. The van der Waals surface area contributed by atoms with E-state index in [1.165, 1.54) is 23.9 Å². The number of anilines is 1. The van der Waals surface area contributed by atoms with Gasteiger partial charge in [0.2, 0.25) is 0 Å². The minimum Gasteiger partial charge on any atom is -0.490 e. The quantitative estimate of drug-likeness (QED) is 0.158. The smallest absolute Gasteiger partial charge is 0.416 e. The van der Waals surface area contributed by atoms with Gasteiger partial charge in [0.1, 0.15) is 37.0 Å². The summed E-state index contributed by atoms with van der Waals surface area (Å²) < 4.78 is 57.2. The lowest BCUT2D eigenvalue weighted by atomic mass is 10.1. The summed E-state index contributed by atoms with van der Waals surface area (Å²) in [4.78, 5) is 19.1. The molecule has 0 aliphatic carbocycles. The van der Waals surface area contributed by atoms with Crippen molar-refractivity contribution in [1.29, 1.82) is 0 Å². The van der Waals surface area contributed by atoms with Gasteiger partial charge in [-0.05, 0) is 64.6 Å². The van der Waals surface area contributed by atoms with E-state index in [1.54, 1.807) is 4.57 Å². The molecule has 0 saturated carbocycles. The molecule has 4 aromatic rings. The van der Waals surface area contributed by atoms with Crippen molar-refractivity contribution in [1.82, 2.24) is 14.5 Å². The van der Waals surface area contributed by atoms with Crippen molar-refractivity contribution in [2.24, 2.45) is 0 Å². The zero-order chi connectivity index (χ0) is 31.4. The van der Waals surface area contributed by atoms with Crippen LogP contribution in [0.25, 0.3) is 0 Å². The van der Waals surface area contributed by atoms with Crippen LogP contribution in [0, 0.1) is 10.1 Å². The highest BCUT2D eigenvalue weighted by Gasteiger charge is 2.30. The lowest BCUT2D eigenvalue weighted by Gasteiger charge is -2.36. The predicted octanol–water partition coefficient (Wildman–Crippen LogP) is 5.94. The van der Waals surface area contributed by atoms with E-state index < -0.39 is 16.7 Å². The zero-order valence-electron chi connectivity index (χ0n) is 24.4. The van der Waals surface area contributed by atoms with Gasteiger partial charge in [0, 0.05) is 56.4 Å². The number of hydrogen-bond donors (Lipinski definition) is 0. The summed E-state index contributed by atoms with van der Waals surface area (Å²) in [6.45, 7) is 5.66. The van der Waals surface area contributed by atoms with E-state index in [4.69, 9.17) is 14.2 Å². The first kappa shape index (κ1) is 30.3. The first-order valence-corrected chi connectivity index (χ1v) is 14.7. The summed E-state index contributed by atoms with van der Waals surface area (Å²) in [5.74, 6) is 0.906. The molecule has 0 radical (unpaired) electrons. The Hall–Kier alpha value is -4.78. The van der Waals surface area contributed by atoms with Gasteiger partial charge in [-0.3, -0.25) is 9.47 Å². The van der Waals surface area contributed by atoms with E-state index in [2.05, 4.69) is 26.9 Å². The highest BCUT2D eigenvalue weighted by molar-refractivity contribution is 5.49. The summed E-state index contributed by atoms with van der Waals surface area (Å²) in [5.41, 5.74) is 2.56. The second kappa shape index (κ2) is 13.1. The van der Waals surface area contributed by atoms with E-state index in [-0.39, 0.29) is 24.5 Å². The fourth-order valence-electron chi connectivity index (χ4n) is 5.35. The lowest BCUT2D eigenvalue weighted by Crippen LogP contribution is -2.45. The number of aryl methyl sites for hydroxylation is 1. The Balaban J connectivity index is 0.914. The lowest BCUT2D eigenvalue weighted by molar-refractivity contribution is -0.389. The Labute approximate surface area is 257 Å². The van der Waals surface area contributed by atoms with Crippen molar-refractivity contribution in [2.75, 3.05) is 37.7 Å². The minimum absolute atomic E-state index is 0.220. The molecule has 0 unspecified atom stereocenters. The van der Waals surface area contributed by atoms with E-state index in [0.29, 0.717) is 25.3 Å². The summed E-state index contributed by atoms with van der Waals surface area (Å²) >= 11 is 0. The van der Waals surface area contributed by atoms with Crippen LogP contribution in [0.5, 0.6) is 17.5 Å². The molecule has 1 saturated heterocycles. The number of halogens is 3. The van der Waals surface area contributed by atoms with Gasteiger partial charge in [-0.2, -0.15) is 13.2 Å². The van der Waals surface area contributed by atoms with Gasteiger partial charge >= 0.3 is 18.0 Å². The molecule has 0 N–H and O–H groups in total. The Morgan fingerprint density at radius 1 is 0.867 bits per heavy atom. The number of nitrogens with zero attached hydrogens (tertiary/aromatic N) is 5. The van der Waals surface area contributed by atoms with Gasteiger partial charge in [-0.1, -0.05) is 24.3 Å². The Morgan fingerprint density at radius 3 is 2.18 bits per heavy atom. The number of piperazine rings is 1. The van der Waals surface area contributed by atoms with Crippen LogP contribution in [-0.2, 0) is 25.9 Å². The number of aromatic nitrogens is 2. The molecule has 236 valence electrons. The molecule has 10 nitrogen and oxygen atoms in total. The molecule has 0 spiro atoms. The third-order valence-electron chi connectivity index (χ3n) is 7.90. The molecular formula is C32H32F3N5O5. The van der Waals surface area contributed by atoms with E-state index >= 15 is 0 Å². The Bertz CT molecular complexity index is 1590. The molecule has 0 bridgehead atoms. The van der Waals surface area contributed by atoms with Gasteiger partial charge in [-0.25, -0.2) is 0 Å². The van der Waals surface area contributed by atoms with Crippen LogP contribution in [0.3, 0.4) is 0 Å². The van der Waals surface area contributed by atoms with Crippen molar-refractivity contribution in [2.45, 2.75) is 38.4 Å². The second-order valence-electron chi connectivity index (χ2n) is 11.1. The van der Waals surface area contributed by atoms with E-state index in [9.17, 15) is 23.3 Å². The molecule has 45 heavy (non-hydrogen) atoms. The maximum Gasteiger partial charge on any atom is 0.416 e. The SMILES string of the molecule is O=[N+]([O-])c1cn2c(n1)O[C@@H](COc1ccc(N3CCN(Cc4ccc(COc5ccc(C(F)(F)F)cc5)cc4)CC3)cc1)CC2. The number of rotatable bonds is 10. The molecule has 2 aliphatic rings. The number of benzene rings is 3. The molecular weight excluding hydrogens is 591 g/mol. The molecule has 3 heterocycles. The van der Waals surface area contributed by atoms with Crippen molar-refractivity contribution in [3.63, 3.8) is 0 Å². The molecule has 1 atom stereocenters. The zero-order valence-corrected chi connectivity index (χ0v) is 24.4. The van der Waals surface area contributed by atoms with Crippen LogP contribution in [0.15, 0.2) is 79.0 Å². The molecule has 6 rings (SSSR count). The maximum atomic E-state index is 12.7. The Kier molecular flexibility index (Phi) is 8.78. The predicted molar refractivity (Wildman–Crippen MR) is 160 cm³/mol. The Morgan fingerprint density at radius 2 is 1.51 bits per heavy atom. The van der Waals surface area contributed by atoms with Crippen LogP contribution in [0.1, 0.15) is 23.1 Å². The average molecular weight is 624 g/mol. The van der Waals surface area contributed by atoms with Gasteiger partial charge in [-0.15, -0.1) is 0 Å². The number of hydrogen-bond acceptors (Lipinski definition) is 8. The molecule has 2 aliphatic heterocycles. The fourth-order valence-corrected chi connectivity index (χ4v) is 5.35. The van der Waals surface area contributed by atoms with Crippen LogP contribution >= 0.6 is 0 Å². The highest BCUT2D eigenvalue weighted by atomic mass is 19.4. The van der Waals surface area contributed by atoms with Crippen LogP contribution in [-0.4, -0.2) is 58.3 Å². The number of ether oxygens (including phenoxy) is 3. The normalized spacial score (nSPS) is 17.0. The second-order valence-corrected chi connectivity index (χ2v) is 11.1. The van der Waals surface area contributed by atoms with Gasteiger partial charge < -0.3 is 29.2 Å². The van der Waals surface area contributed by atoms with Crippen molar-refractivity contribution >= 4 is 11.5 Å². The summed E-state index contributed by atoms with van der Waals surface area (Å²) in [5, 5.41) is 11.0.